The molecular formula is C12H14F3O2. The molecule has 0 saturated carbocycles. The maximum atomic E-state index is 12.3. The van der Waals surface area contributed by atoms with Crippen molar-refractivity contribution in [3.8, 4) is 5.75 Å². The average Bonchev–Trinajstić information content (AvgIpc) is 2.13. The molecule has 1 N–H and O–H groups in total. The molecule has 0 amide bonds. The fourth-order valence-electron chi connectivity index (χ4n) is 1.48. The molecule has 0 aromatic heterocycles. The van der Waals surface area contributed by atoms with Crippen LogP contribution in [0.4, 0.5) is 13.2 Å². The summed E-state index contributed by atoms with van der Waals surface area (Å²) in [5, 5.41) is 8.93. The lowest BCUT2D eigenvalue weighted by Crippen LogP contribution is -2.22. The molecule has 5 heteroatoms. The molecule has 0 aliphatic carbocycles. The Hall–Kier alpha value is -1.23. The second kappa shape index (κ2) is 4.56. The van der Waals surface area contributed by atoms with Gasteiger partial charge in [-0.15, -0.1) is 13.2 Å². The zero-order chi connectivity index (χ0) is 13.3. The number of alkyl halides is 3. The van der Waals surface area contributed by atoms with Crippen LogP contribution in [0.25, 0.3) is 0 Å². The molecule has 0 unspecified atom stereocenters. The summed E-state index contributed by atoms with van der Waals surface area (Å²) in [5.41, 5.74) is -0.119. The minimum Gasteiger partial charge on any atom is -0.405 e. The molecule has 0 aliphatic rings. The lowest BCUT2D eigenvalue weighted by molar-refractivity contribution is -0.275. The number of para-hydroxylation sites is 1. The Morgan fingerprint density at radius 1 is 1.18 bits per heavy atom. The lowest BCUT2D eigenvalue weighted by Gasteiger charge is -2.24. The first kappa shape index (κ1) is 13.8. The lowest BCUT2D eigenvalue weighted by atomic mass is 9.85. The van der Waals surface area contributed by atoms with Crippen molar-refractivity contribution >= 4 is 0 Å². The van der Waals surface area contributed by atoms with E-state index in [-0.39, 0.29) is 11.3 Å². The van der Waals surface area contributed by atoms with Gasteiger partial charge in [0.1, 0.15) is 12.4 Å². The van der Waals surface area contributed by atoms with Gasteiger partial charge in [0.2, 0.25) is 0 Å². The van der Waals surface area contributed by atoms with Gasteiger partial charge in [0.05, 0.1) is 0 Å². The molecule has 0 aliphatic heterocycles. The monoisotopic (exact) mass is 247 g/mol. The first-order valence-corrected chi connectivity index (χ1v) is 5.02. The van der Waals surface area contributed by atoms with Crippen molar-refractivity contribution in [1.29, 1.82) is 0 Å². The molecular weight excluding hydrogens is 233 g/mol. The highest BCUT2D eigenvalue weighted by Gasteiger charge is 2.34. The number of hydrogen-bond donors (Lipinski definition) is 1. The predicted octanol–water partition coefficient (Wildman–Crippen LogP) is 3.77. The van der Waals surface area contributed by atoms with Crippen molar-refractivity contribution in [2.24, 2.45) is 0 Å². The summed E-state index contributed by atoms with van der Waals surface area (Å²) in [6.07, 6.45) is -4.78. The standard InChI is InChI=1S/C12H14F3O2/c1-11(2,3)9-6-4-5-8(7-16)10(9)17-12(13,14)15/h4-7,16H,1-3H3. The largest absolute Gasteiger partial charge is 0.573 e. The van der Waals surface area contributed by atoms with E-state index in [1.54, 1.807) is 32.9 Å². The molecule has 95 valence electrons. The molecule has 0 spiro atoms. The molecule has 1 rings (SSSR count). The highest BCUT2D eigenvalue weighted by Crippen LogP contribution is 2.37. The second-order valence-corrected chi connectivity index (χ2v) is 4.65. The summed E-state index contributed by atoms with van der Waals surface area (Å²) < 4.78 is 40.9. The predicted molar refractivity (Wildman–Crippen MR) is 57.2 cm³/mol. The molecule has 2 nitrogen and oxygen atoms in total. The van der Waals surface area contributed by atoms with Crippen molar-refractivity contribution in [3.63, 3.8) is 0 Å². The minimum atomic E-state index is -4.78. The maximum absolute atomic E-state index is 12.3. The number of rotatable bonds is 2. The van der Waals surface area contributed by atoms with E-state index >= 15 is 0 Å². The van der Waals surface area contributed by atoms with Crippen LogP contribution in [0.2, 0.25) is 0 Å². The third kappa shape index (κ3) is 3.63. The first-order chi connectivity index (χ1) is 7.65. The van der Waals surface area contributed by atoms with Crippen LogP contribution in [0.1, 0.15) is 31.9 Å². The van der Waals surface area contributed by atoms with Crippen LogP contribution < -0.4 is 4.74 Å². The van der Waals surface area contributed by atoms with E-state index in [4.69, 9.17) is 5.11 Å². The summed E-state index contributed by atoms with van der Waals surface area (Å²) >= 11 is 0. The summed E-state index contributed by atoms with van der Waals surface area (Å²) in [5.74, 6) is -0.352. The Morgan fingerprint density at radius 3 is 2.18 bits per heavy atom. The fraction of sp³-hybridized carbons (Fsp3) is 0.417. The molecule has 1 aromatic rings. The molecule has 0 bridgehead atoms. The van der Waals surface area contributed by atoms with E-state index in [0.717, 1.165) is 0 Å². The van der Waals surface area contributed by atoms with Gasteiger partial charge in [0, 0.05) is 11.1 Å². The molecule has 1 aromatic carbocycles. The number of aliphatic hydroxyl groups excluding tert-OH is 1. The number of benzene rings is 1. The van der Waals surface area contributed by atoms with Gasteiger partial charge in [-0.1, -0.05) is 39.0 Å². The van der Waals surface area contributed by atoms with Gasteiger partial charge in [0.15, 0.2) is 0 Å². The highest BCUT2D eigenvalue weighted by atomic mass is 19.4. The Labute approximate surface area is 98.0 Å². The Bertz CT molecular complexity index is 392. The third-order valence-corrected chi connectivity index (χ3v) is 2.21. The van der Waals surface area contributed by atoms with Crippen molar-refractivity contribution in [2.75, 3.05) is 0 Å². The van der Waals surface area contributed by atoms with E-state index < -0.39 is 11.8 Å². The van der Waals surface area contributed by atoms with E-state index in [9.17, 15) is 13.2 Å². The number of aliphatic hydroxyl groups is 1. The van der Waals surface area contributed by atoms with Gasteiger partial charge in [0.25, 0.3) is 0 Å². The van der Waals surface area contributed by atoms with Gasteiger partial charge in [-0.25, -0.2) is 0 Å². The van der Waals surface area contributed by atoms with Crippen molar-refractivity contribution in [1.82, 2.24) is 0 Å². The molecule has 17 heavy (non-hydrogen) atoms. The molecule has 0 atom stereocenters. The summed E-state index contributed by atoms with van der Waals surface area (Å²) in [6, 6.07) is 4.48. The third-order valence-electron chi connectivity index (χ3n) is 2.21. The SMILES string of the molecule is CC(C)(C)c1cccc([CH]O)c1OC(F)(F)F. The summed E-state index contributed by atoms with van der Waals surface area (Å²) in [6.45, 7) is 5.92. The van der Waals surface area contributed by atoms with E-state index in [1.165, 1.54) is 6.07 Å². The van der Waals surface area contributed by atoms with E-state index in [1.807, 2.05) is 0 Å². The van der Waals surface area contributed by atoms with Crippen LogP contribution >= 0.6 is 0 Å². The Kier molecular flexibility index (Phi) is 3.71. The van der Waals surface area contributed by atoms with Crippen LogP contribution in [0, 0.1) is 6.61 Å². The van der Waals surface area contributed by atoms with Crippen LogP contribution in [0.3, 0.4) is 0 Å². The van der Waals surface area contributed by atoms with Gasteiger partial charge in [-0.2, -0.15) is 0 Å². The molecule has 0 saturated heterocycles. The summed E-state index contributed by atoms with van der Waals surface area (Å²) in [7, 11) is 0. The van der Waals surface area contributed by atoms with E-state index in [0.29, 0.717) is 12.2 Å². The van der Waals surface area contributed by atoms with Crippen molar-refractivity contribution < 1.29 is 23.0 Å². The number of ether oxygens (including phenoxy) is 1. The van der Waals surface area contributed by atoms with Crippen LogP contribution in [-0.2, 0) is 5.41 Å². The van der Waals surface area contributed by atoms with Gasteiger partial charge in [-0.3, -0.25) is 0 Å². The van der Waals surface area contributed by atoms with Gasteiger partial charge < -0.3 is 9.84 Å². The fourth-order valence-corrected chi connectivity index (χ4v) is 1.48. The minimum absolute atomic E-state index is 0.00903. The quantitative estimate of drug-likeness (QED) is 0.862. The maximum Gasteiger partial charge on any atom is 0.573 e. The van der Waals surface area contributed by atoms with Crippen LogP contribution in [-0.4, -0.2) is 11.5 Å². The molecule has 0 heterocycles. The smallest absolute Gasteiger partial charge is 0.405 e. The average molecular weight is 247 g/mol. The normalized spacial score (nSPS) is 12.6. The van der Waals surface area contributed by atoms with Gasteiger partial charge >= 0.3 is 6.36 Å². The molecule has 1 radical (unpaired) electrons. The zero-order valence-corrected chi connectivity index (χ0v) is 9.80. The highest BCUT2D eigenvalue weighted by molar-refractivity contribution is 5.47. The van der Waals surface area contributed by atoms with Gasteiger partial charge in [-0.05, 0) is 5.41 Å². The summed E-state index contributed by atoms with van der Waals surface area (Å²) in [4.78, 5) is 0. The van der Waals surface area contributed by atoms with Crippen molar-refractivity contribution in [3.05, 3.63) is 35.9 Å². The first-order valence-electron chi connectivity index (χ1n) is 5.02. The Morgan fingerprint density at radius 2 is 1.76 bits per heavy atom. The Balaban J connectivity index is 3.31. The number of halogens is 3. The van der Waals surface area contributed by atoms with Crippen LogP contribution in [0.15, 0.2) is 18.2 Å². The second-order valence-electron chi connectivity index (χ2n) is 4.65. The number of hydrogen-bond acceptors (Lipinski definition) is 2. The molecule has 0 fully saturated rings. The van der Waals surface area contributed by atoms with E-state index in [2.05, 4.69) is 4.74 Å². The van der Waals surface area contributed by atoms with Crippen LogP contribution in [0.5, 0.6) is 5.75 Å². The topological polar surface area (TPSA) is 29.5 Å². The van der Waals surface area contributed by atoms with Crippen molar-refractivity contribution in [2.45, 2.75) is 32.5 Å². The zero-order valence-electron chi connectivity index (χ0n) is 9.80.